The lowest BCUT2D eigenvalue weighted by Gasteiger charge is -2.04. The van der Waals surface area contributed by atoms with E-state index in [1.165, 1.54) is 51.4 Å². The van der Waals surface area contributed by atoms with Crippen LogP contribution in [0.4, 0.5) is 4.79 Å². The molecule has 0 heterocycles. The van der Waals surface area contributed by atoms with Crippen molar-refractivity contribution in [2.24, 2.45) is 5.92 Å². The molecule has 0 radical (unpaired) electrons. The van der Waals surface area contributed by atoms with Gasteiger partial charge < -0.3 is 15.3 Å². The first-order valence-corrected chi connectivity index (χ1v) is 7.03. The molecule has 0 aliphatic rings. The molecule has 0 aliphatic heterocycles. The van der Waals surface area contributed by atoms with Crippen LogP contribution in [0, 0.1) is 5.92 Å². The second kappa shape index (κ2) is 16.2. The van der Waals surface area contributed by atoms with Crippen LogP contribution in [0.3, 0.4) is 0 Å². The molecule has 0 aromatic carbocycles. The van der Waals surface area contributed by atoms with Crippen molar-refractivity contribution in [3.63, 3.8) is 0 Å². The molecule has 18 heavy (non-hydrogen) atoms. The Balaban J connectivity index is 0. The van der Waals surface area contributed by atoms with E-state index in [1.54, 1.807) is 0 Å². The first-order valence-electron chi connectivity index (χ1n) is 7.03. The van der Waals surface area contributed by atoms with Crippen LogP contribution >= 0.6 is 0 Å². The third-order valence-corrected chi connectivity index (χ3v) is 2.69. The Bertz CT molecular complexity index is 165. The predicted octanol–water partition coefficient (Wildman–Crippen LogP) is 4.37. The van der Waals surface area contributed by atoms with Gasteiger partial charge in [0.2, 0.25) is 0 Å². The Kier molecular flexibility index (Phi) is 17.6. The van der Waals surface area contributed by atoms with Gasteiger partial charge in [-0.1, -0.05) is 65.2 Å². The number of hydrogen-bond donors (Lipinski definition) is 3. The monoisotopic (exact) mass is 262 g/mol. The van der Waals surface area contributed by atoms with E-state index in [0.29, 0.717) is 6.61 Å². The average molecular weight is 262 g/mol. The highest BCUT2D eigenvalue weighted by Crippen LogP contribution is 2.12. The van der Waals surface area contributed by atoms with Crippen LogP contribution in [-0.2, 0) is 0 Å². The van der Waals surface area contributed by atoms with Gasteiger partial charge in [0.05, 0.1) is 0 Å². The summed E-state index contributed by atoms with van der Waals surface area (Å²) in [6.07, 6.45) is 10.1. The standard InChI is InChI=1S/C13H28O.CH2O3/c1-13(2)11-9-7-5-3-4-6-8-10-12-14;2-1(3)4/h13-14H,3-12H2,1-2H3;(H2,2,3,4). The summed E-state index contributed by atoms with van der Waals surface area (Å²) >= 11 is 0. The minimum atomic E-state index is -1.83. The van der Waals surface area contributed by atoms with E-state index in [1.807, 2.05) is 0 Å². The lowest BCUT2D eigenvalue weighted by atomic mass is 10.0. The van der Waals surface area contributed by atoms with Crippen LogP contribution < -0.4 is 0 Å². The third-order valence-electron chi connectivity index (χ3n) is 2.69. The highest BCUT2D eigenvalue weighted by Gasteiger charge is 1.94. The van der Waals surface area contributed by atoms with Crippen molar-refractivity contribution in [2.45, 2.75) is 71.6 Å². The molecule has 0 saturated heterocycles. The summed E-state index contributed by atoms with van der Waals surface area (Å²) in [5.41, 5.74) is 0. The fraction of sp³-hybridized carbons (Fsp3) is 0.929. The number of carbonyl (C=O) groups is 1. The van der Waals surface area contributed by atoms with E-state index in [9.17, 15) is 0 Å². The zero-order valence-electron chi connectivity index (χ0n) is 11.9. The lowest BCUT2D eigenvalue weighted by Crippen LogP contribution is -1.87. The molecule has 0 aliphatic carbocycles. The molecule has 0 atom stereocenters. The van der Waals surface area contributed by atoms with Crippen molar-refractivity contribution in [2.75, 3.05) is 6.61 Å². The van der Waals surface area contributed by atoms with E-state index in [-0.39, 0.29) is 0 Å². The van der Waals surface area contributed by atoms with E-state index in [0.717, 1.165) is 12.3 Å². The maximum absolute atomic E-state index is 8.59. The smallest absolute Gasteiger partial charge is 0.450 e. The largest absolute Gasteiger partial charge is 0.503 e. The summed E-state index contributed by atoms with van der Waals surface area (Å²) in [5, 5.41) is 22.5. The molecule has 4 heteroatoms. The third kappa shape index (κ3) is 29.5. The summed E-state index contributed by atoms with van der Waals surface area (Å²) in [6, 6.07) is 0. The van der Waals surface area contributed by atoms with Crippen molar-refractivity contribution >= 4 is 6.16 Å². The first kappa shape index (κ1) is 19.6. The number of aliphatic hydroxyl groups is 1. The average Bonchev–Trinajstić information content (AvgIpc) is 2.26. The van der Waals surface area contributed by atoms with Gasteiger partial charge in [0.25, 0.3) is 0 Å². The van der Waals surface area contributed by atoms with Crippen molar-refractivity contribution in [1.82, 2.24) is 0 Å². The Morgan fingerprint density at radius 1 is 0.833 bits per heavy atom. The van der Waals surface area contributed by atoms with Gasteiger partial charge >= 0.3 is 6.16 Å². The van der Waals surface area contributed by atoms with Crippen molar-refractivity contribution in [1.29, 1.82) is 0 Å². The van der Waals surface area contributed by atoms with Crippen molar-refractivity contribution < 1.29 is 20.1 Å². The maximum atomic E-state index is 8.59. The molecule has 110 valence electrons. The second-order valence-electron chi connectivity index (χ2n) is 5.02. The van der Waals surface area contributed by atoms with Gasteiger partial charge in [0.1, 0.15) is 0 Å². The normalized spacial score (nSPS) is 10.0. The zero-order chi connectivity index (χ0) is 14.2. The van der Waals surface area contributed by atoms with Gasteiger partial charge in [-0.05, 0) is 12.3 Å². The molecule has 0 amide bonds. The number of rotatable bonds is 10. The molecule has 3 N–H and O–H groups in total. The predicted molar refractivity (Wildman–Crippen MR) is 74.1 cm³/mol. The van der Waals surface area contributed by atoms with Gasteiger partial charge in [0.15, 0.2) is 0 Å². The Hall–Kier alpha value is -0.770. The number of carboxylic acid groups (broad SMARTS) is 2. The van der Waals surface area contributed by atoms with E-state index >= 15 is 0 Å². The van der Waals surface area contributed by atoms with Crippen molar-refractivity contribution in [3.8, 4) is 0 Å². The Morgan fingerprint density at radius 2 is 1.17 bits per heavy atom. The molecule has 0 fully saturated rings. The highest BCUT2D eigenvalue weighted by molar-refractivity contribution is 5.53. The number of unbranched alkanes of at least 4 members (excludes halogenated alkanes) is 7. The van der Waals surface area contributed by atoms with Gasteiger partial charge in [0, 0.05) is 6.61 Å². The molecule has 0 aromatic rings. The van der Waals surface area contributed by atoms with Crippen LogP contribution in [0.5, 0.6) is 0 Å². The molecule has 0 bridgehead atoms. The number of aliphatic hydroxyl groups excluding tert-OH is 1. The second-order valence-corrected chi connectivity index (χ2v) is 5.02. The highest BCUT2D eigenvalue weighted by atomic mass is 16.6. The lowest BCUT2D eigenvalue weighted by molar-refractivity contribution is 0.137. The molecular formula is C14H30O4. The molecular weight excluding hydrogens is 232 g/mol. The molecule has 0 saturated carbocycles. The van der Waals surface area contributed by atoms with Crippen LogP contribution in [-0.4, -0.2) is 28.1 Å². The minimum absolute atomic E-state index is 0.369. The first-order chi connectivity index (χ1) is 8.50. The fourth-order valence-corrected chi connectivity index (χ4v) is 1.73. The topological polar surface area (TPSA) is 77.8 Å². The molecule has 0 spiro atoms. The van der Waals surface area contributed by atoms with Gasteiger partial charge in [-0.15, -0.1) is 0 Å². The van der Waals surface area contributed by atoms with Crippen LogP contribution in [0.2, 0.25) is 0 Å². The Morgan fingerprint density at radius 3 is 1.50 bits per heavy atom. The summed E-state index contributed by atoms with van der Waals surface area (Å²) in [5.74, 6) is 0.875. The zero-order valence-corrected chi connectivity index (χ0v) is 11.9. The summed E-state index contributed by atoms with van der Waals surface area (Å²) in [6.45, 7) is 4.97. The van der Waals surface area contributed by atoms with Gasteiger partial charge in [-0.3, -0.25) is 0 Å². The van der Waals surface area contributed by atoms with Crippen LogP contribution in [0.15, 0.2) is 0 Å². The molecule has 0 rings (SSSR count). The minimum Gasteiger partial charge on any atom is -0.450 e. The molecule has 4 nitrogen and oxygen atoms in total. The summed E-state index contributed by atoms with van der Waals surface area (Å²) < 4.78 is 0. The summed E-state index contributed by atoms with van der Waals surface area (Å²) in [4.78, 5) is 8.56. The van der Waals surface area contributed by atoms with E-state index in [4.69, 9.17) is 20.1 Å². The fourth-order valence-electron chi connectivity index (χ4n) is 1.73. The van der Waals surface area contributed by atoms with Crippen LogP contribution in [0.1, 0.15) is 71.6 Å². The quantitative estimate of drug-likeness (QED) is 0.511. The summed E-state index contributed by atoms with van der Waals surface area (Å²) in [7, 11) is 0. The molecule has 0 aromatic heterocycles. The number of hydrogen-bond acceptors (Lipinski definition) is 2. The van der Waals surface area contributed by atoms with E-state index in [2.05, 4.69) is 13.8 Å². The Labute approximate surface area is 111 Å². The van der Waals surface area contributed by atoms with Gasteiger partial charge in [-0.2, -0.15) is 0 Å². The van der Waals surface area contributed by atoms with Gasteiger partial charge in [-0.25, -0.2) is 4.79 Å². The van der Waals surface area contributed by atoms with Crippen molar-refractivity contribution in [3.05, 3.63) is 0 Å². The van der Waals surface area contributed by atoms with Crippen LogP contribution in [0.25, 0.3) is 0 Å². The molecule has 0 unspecified atom stereocenters. The maximum Gasteiger partial charge on any atom is 0.503 e. The van der Waals surface area contributed by atoms with E-state index < -0.39 is 6.16 Å². The SMILES string of the molecule is CC(C)CCCCCCCCCCO.O=C(O)O.